The fourth-order valence-electron chi connectivity index (χ4n) is 2.76. The first-order valence-corrected chi connectivity index (χ1v) is 7.78. The zero-order valence-electron chi connectivity index (χ0n) is 14.1. The molecule has 0 aliphatic carbocycles. The van der Waals surface area contributed by atoms with Gasteiger partial charge in [-0.3, -0.25) is 19.6 Å². The Morgan fingerprint density at radius 1 is 0.769 bits per heavy atom. The first-order chi connectivity index (χ1) is 12.4. The van der Waals surface area contributed by atoms with Gasteiger partial charge in [0.25, 0.3) is 11.1 Å². The molecule has 1 aromatic carbocycles. The molecule has 3 rings (SSSR count). The van der Waals surface area contributed by atoms with Crippen LogP contribution in [0.2, 0.25) is 0 Å². The molecule has 0 radical (unpaired) electrons. The molecule has 0 fully saturated rings. The van der Waals surface area contributed by atoms with Crippen LogP contribution in [0.1, 0.15) is 22.6 Å². The smallest absolute Gasteiger partial charge is 0.325 e. The van der Waals surface area contributed by atoms with Crippen LogP contribution < -0.4 is 27.4 Å². The molecule has 0 amide bonds. The Morgan fingerprint density at radius 3 is 1.62 bits per heavy atom. The van der Waals surface area contributed by atoms with Crippen molar-refractivity contribution in [2.45, 2.75) is 5.92 Å². The van der Waals surface area contributed by atoms with E-state index in [4.69, 9.17) is 0 Å². The fraction of sp³-hybridized carbons (Fsp3) is 0.176. The van der Waals surface area contributed by atoms with Gasteiger partial charge in [-0.25, -0.2) is 9.59 Å². The standard InChI is InChI=1S/C17H17N5O4/c1-22(2)10-5-3-9(4-6-10)13(11-7-18-16(25)20-14(11)23)12-8-19-17(26)21-15(12)24/h3-8,13H,1-2H3,(H2,18,20,23,25)(H2,19,21,24,26). The molecular weight excluding hydrogens is 338 g/mol. The monoisotopic (exact) mass is 355 g/mol. The van der Waals surface area contributed by atoms with Gasteiger partial charge in [-0.15, -0.1) is 0 Å². The number of nitrogens with one attached hydrogen (secondary N) is 4. The van der Waals surface area contributed by atoms with Crippen LogP contribution in [0.4, 0.5) is 5.69 Å². The third-order valence-electron chi connectivity index (χ3n) is 4.06. The molecule has 0 aliphatic heterocycles. The minimum absolute atomic E-state index is 0.180. The Kier molecular flexibility index (Phi) is 4.44. The second kappa shape index (κ2) is 6.71. The summed E-state index contributed by atoms with van der Waals surface area (Å²) in [7, 11) is 3.79. The van der Waals surface area contributed by atoms with Crippen molar-refractivity contribution in [1.82, 2.24) is 19.9 Å². The van der Waals surface area contributed by atoms with Gasteiger partial charge in [-0.2, -0.15) is 0 Å². The van der Waals surface area contributed by atoms with E-state index >= 15 is 0 Å². The van der Waals surface area contributed by atoms with Gasteiger partial charge in [0.1, 0.15) is 0 Å². The number of hydrogen-bond acceptors (Lipinski definition) is 5. The van der Waals surface area contributed by atoms with Crippen molar-refractivity contribution in [1.29, 1.82) is 0 Å². The molecule has 9 nitrogen and oxygen atoms in total. The summed E-state index contributed by atoms with van der Waals surface area (Å²) in [5.74, 6) is -0.771. The molecule has 0 bridgehead atoms. The maximum atomic E-state index is 12.3. The van der Waals surface area contributed by atoms with Crippen LogP contribution in [0.15, 0.2) is 55.8 Å². The number of nitrogens with zero attached hydrogens (tertiary/aromatic N) is 1. The van der Waals surface area contributed by atoms with Gasteiger partial charge >= 0.3 is 11.4 Å². The number of hydrogen-bond donors (Lipinski definition) is 4. The molecule has 0 atom stereocenters. The van der Waals surface area contributed by atoms with Gasteiger partial charge in [0.15, 0.2) is 0 Å². The summed E-state index contributed by atoms with van der Waals surface area (Å²) in [5, 5.41) is 0. The van der Waals surface area contributed by atoms with Crippen molar-refractivity contribution in [3.63, 3.8) is 0 Å². The van der Waals surface area contributed by atoms with Crippen molar-refractivity contribution in [3.05, 3.63) is 95.0 Å². The van der Waals surface area contributed by atoms with E-state index in [0.29, 0.717) is 5.56 Å². The van der Waals surface area contributed by atoms with Gasteiger partial charge in [0, 0.05) is 49.2 Å². The fourth-order valence-corrected chi connectivity index (χ4v) is 2.76. The highest BCUT2D eigenvalue weighted by atomic mass is 16.2. The highest BCUT2D eigenvalue weighted by Crippen LogP contribution is 2.28. The second-order valence-corrected chi connectivity index (χ2v) is 5.97. The van der Waals surface area contributed by atoms with Crippen LogP contribution in [0.25, 0.3) is 0 Å². The highest BCUT2D eigenvalue weighted by Gasteiger charge is 2.23. The summed E-state index contributed by atoms with van der Waals surface area (Å²) in [6.45, 7) is 0. The molecule has 3 aromatic rings. The molecule has 0 saturated carbocycles. The van der Waals surface area contributed by atoms with Crippen LogP contribution in [0.5, 0.6) is 0 Å². The number of rotatable bonds is 4. The van der Waals surface area contributed by atoms with Crippen molar-refractivity contribution in [2.75, 3.05) is 19.0 Å². The van der Waals surface area contributed by atoms with Crippen molar-refractivity contribution in [2.24, 2.45) is 0 Å². The summed E-state index contributed by atoms with van der Waals surface area (Å²) in [4.78, 5) is 58.4. The first-order valence-electron chi connectivity index (χ1n) is 7.78. The lowest BCUT2D eigenvalue weighted by Gasteiger charge is -2.18. The number of aromatic nitrogens is 4. The molecule has 4 N–H and O–H groups in total. The average molecular weight is 355 g/mol. The number of H-pyrrole nitrogens is 4. The molecular formula is C17H17N5O4. The van der Waals surface area contributed by atoms with Gasteiger partial charge in [-0.1, -0.05) is 12.1 Å². The second-order valence-electron chi connectivity index (χ2n) is 5.97. The summed E-state index contributed by atoms with van der Waals surface area (Å²) in [5.41, 5.74) is -0.544. The Hall–Kier alpha value is -3.62. The maximum absolute atomic E-state index is 12.3. The largest absolute Gasteiger partial charge is 0.378 e. The molecule has 2 heterocycles. The van der Waals surface area contributed by atoms with Gasteiger partial charge < -0.3 is 14.9 Å². The number of anilines is 1. The molecule has 26 heavy (non-hydrogen) atoms. The molecule has 134 valence electrons. The normalized spacial score (nSPS) is 10.9. The topological polar surface area (TPSA) is 135 Å². The molecule has 9 heteroatoms. The Morgan fingerprint density at radius 2 is 1.23 bits per heavy atom. The highest BCUT2D eigenvalue weighted by molar-refractivity contribution is 5.49. The predicted molar refractivity (Wildman–Crippen MR) is 97.1 cm³/mol. The minimum atomic E-state index is -0.771. The van der Waals surface area contributed by atoms with Gasteiger partial charge in [0.05, 0.1) is 0 Å². The van der Waals surface area contributed by atoms with E-state index in [0.717, 1.165) is 5.69 Å². The van der Waals surface area contributed by atoms with Gasteiger partial charge in [0.2, 0.25) is 0 Å². The van der Waals surface area contributed by atoms with E-state index in [1.807, 2.05) is 31.1 Å². The zero-order chi connectivity index (χ0) is 18.8. The predicted octanol–water partition coefficient (Wildman–Crippen LogP) is -0.314. The van der Waals surface area contributed by atoms with E-state index in [9.17, 15) is 19.2 Å². The average Bonchev–Trinajstić information content (AvgIpc) is 2.59. The molecule has 0 unspecified atom stereocenters. The molecule has 0 spiro atoms. The van der Waals surface area contributed by atoms with E-state index in [2.05, 4.69) is 19.9 Å². The van der Waals surface area contributed by atoms with Crippen molar-refractivity contribution >= 4 is 5.69 Å². The SMILES string of the molecule is CN(C)c1ccc(C(c2c[nH]c(=O)[nH]c2=O)c2c[nH]c(=O)[nH]c2=O)cc1. The van der Waals surface area contributed by atoms with Crippen LogP contribution in [0.3, 0.4) is 0 Å². The van der Waals surface area contributed by atoms with E-state index in [1.165, 1.54) is 12.4 Å². The lowest BCUT2D eigenvalue weighted by atomic mass is 9.87. The van der Waals surface area contributed by atoms with E-state index in [-0.39, 0.29) is 11.1 Å². The molecule has 2 aromatic heterocycles. The third kappa shape index (κ3) is 3.27. The maximum Gasteiger partial charge on any atom is 0.325 e. The van der Waals surface area contributed by atoms with Gasteiger partial charge in [-0.05, 0) is 17.7 Å². The van der Waals surface area contributed by atoms with Crippen LogP contribution in [0, 0.1) is 0 Å². The Labute approximate surface area is 146 Å². The Balaban J connectivity index is 2.25. The van der Waals surface area contributed by atoms with Crippen LogP contribution >= 0.6 is 0 Å². The van der Waals surface area contributed by atoms with E-state index < -0.39 is 28.4 Å². The number of aromatic amines is 4. The molecule has 0 aliphatic rings. The van der Waals surface area contributed by atoms with Crippen molar-refractivity contribution < 1.29 is 0 Å². The molecule has 0 saturated heterocycles. The minimum Gasteiger partial charge on any atom is -0.378 e. The Bertz CT molecular complexity index is 1080. The van der Waals surface area contributed by atoms with Crippen LogP contribution in [-0.4, -0.2) is 34.0 Å². The summed E-state index contributed by atoms with van der Waals surface area (Å²) < 4.78 is 0. The zero-order valence-corrected chi connectivity index (χ0v) is 14.1. The number of benzene rings is 1. The quantitative estimate of drug-likeness (QED) is 0.509. The summed E-state index contributed by atoms with van der Waals surface area (Å²) in [6, 6.07) is 7.27. The van der Waals surface area contributed by atoms with Crippen LogP contribution in [-0.2, 0) is 0 Å². The summed E-state index contributed by atoms with van der Waals surface area (Å²) in [6.07, 6.45) is 2.55. The lowest BCUT2D eigenvalue weighted by molar-refractivity contribution is 0.858. The lowest BCUT2D eigenvalue weighted by Crippen LogP contribution is -2.31. The van der Waals surface area contributed by atoms with E-state index in [1.54, 1.807) is 12.1 Å². The first kappa shape index (κ1) is 17.2. The van der Waals surface area contributed by atoms with Crippen molar-refractivity contribution in [3.8, 4) is 0 Å². The summed E-state index contributed by atoms with van der Waals surface area (Å²) >= 11 is 0. The third-order valence-corrected chi connectivity index (χ3v) is 4.06.